The Balaban J connectivity index is 1.11. The molecule has 0 radical (unpaired) electrons. The van der Waals surface area contributed by atoms with Gasteiger partial charge < -0.3 is 13.7 Å². The summed E-state index contributed by atoms with van der Waals surface area (Å²) in [5, 5.41) is 6.78. The van der Waals surface area contributed by atoms with Crippen LogP contribution in [0.1, 0.15) is 0 Å². The average molecular weight is 836 g/mol. The second kappa shape index (κ2) is 14.7. The largest absolute Gasteiger partial charge is 0.456 e. The third-order valence-corrected chi connectivity index (χ3v) is 13.9. The molecule has 0 aliphatic rings. The van der Waals surface area contributed by atoms with E-state index in [1.54, 1.807) is 0 Å². The van der Waals surface area contributed by atoms with Crippen molar-refractivity contribution in [1.29, 1.82) is 0 Å². The van der Waals surface area contributed by atoms with Crippen LogP contribution < -0.4 is 4.90 Å². The van der Waals surface area contributed by atoms with E-state index in [4.69, 9.17) is 8.83 Å². The lowest BCUT2D eigenvalue weighted by atomic mass is 9.94. The minimum Gasteiger partial charge on any atom is -0.456 e. The Bertz CT molecular complexity index is 3890. The molecule has 0 aliphatic carbocycles. The van der Waals surface area contributed by atoms with Crippen molar-refractivity contribution in [3.63, 3.8) is 0 Å². The van der Waals surface area contributed by atoms with Crippen LogP contribution in [0.25, 0.3) is 109 Å². The van der Waals surface area contributed by atoms with Gasteiger partial charge in [0, 0.05) is 64.7 Å². The molecule has 0 spiro atoms. The van der Waals surface area contributed by atoms with E-state index in [0.717, 1.165) is 83.2 Å². The van der Waals surface area contributed by atoms with Crippen molar-refractivity contribution in [2.75, 3.05) is 4.90 Å². The predicted octanol–water partition coefficient (Wildman–Crippen LogP) is 18.0. The van der Waals surface area contributed by atoms with Gasteiger partial charge in [-0.2, -0.15) is 0 Å². The first-order valence-electron chi connectivity index (χ1n) is 21.7. The first-order valence-corrected chi connectivity index (χ1v) is 22.5. The molecule has 0 amide bonds. The number of para-hydroxylation sites is 1. The normalized spacial score (nSPS) is 11.8. The molecule has 3 nitrogen and oxygen atoms in total. The third-order valence-electron chi connectivity index (χ3n) is 12.7. The van der Waals surface area contributed by atoms with Crippen molar-refractivity contribution in [2.45, 2.75) is 0 Å². The monoisotopic (exact) mass is 835 g/mol. The highest BCUT2D eigenvalue weighted by atomic mass is 32.1. The molecular formula is C60H37NO2S. The van der Waals surface area contributed by atoms with Gasteiger partial charge in [0.15, 0.2) is 0 Å². The Morgan fingerprint density at radius 1 is 0.328 bits per heavy atom. The van der Waals surface area contributed by atoms with E-state index >= 15 is 0 Å². The minimum absolute atomic E-state index is 0.839. The number of thiophene rings is 1. The highest BCUT2D eigenvalue weighted by Gasteiger charge is 2.25. The molecule has 300 valence electrons. The Hall–Kier alpha value is -8.18. The van der Waals surface area contributed by atoms with E-state index in [1.165, 1.54) is 42.4 Å². The molecule has 0 atom stereocenters. The maximum atomic E-state index is 6.93. The van der Waals surface area contributed by atoms with Gasteiger partial charge in [0.2, 0.25) is 0 Å². The summed E-state index contributed by atoms with van der Waals surface area (Å²) in [5.74, 6) is 0. The standard InChI is InChI=1S/C60H37NO2S/c1-5-15-38(16-6-1)42-25-28-50-56(35-42)64-60-47(41-21-11-4-12-22-41)32-33-52(58(50)60)61(44-26-29-49-48-23-13-14-24-53(48)62-55(49)37-44)43-27-34-54-51(36-43)57-45(39-17-7-2-8-18-39)30-31-46(59(57)63-54)40-19-9-3-10-20-40/h1-37H. The van der Waals surface area contributed by atoms with Crippen LogP contribution in [0.4, 0.5) is 17.1 Å². The number of rotatable bonds is 7. The average Bonchev–Trinajstić information content (AvgIpc) is 4.06. The van der Waals surface area contributed by atoms with Crippen molar-refractivity contribution in [2.24, 2.45) is 0 Å². The summed E-state index contributed by atoms with van der Waals surface area (Å²) in [6, 6.07) is 80.3. The van der Waals surface area contributed by atoms with Gasteiger partial charge in [0.25, 0.3) is 0 Å². The second-order valence-electron chi connectivity index (χ2n) is 16.4. The molecule has 0 bridgehead atoms. The van der Waals surface area contributed by atoms with E-state index in [0.29, 0.717) is 0 Å². The van der Waals surface area contributed by atoms with Crippen molar-refractivity contribution >= 4 is 92.4 Å². The zero-order chi connectivity index (χ0) is 42.1. The van der Waals surface area contributed by atoms with Gasteiger partial charge in [-0.3, -0.25) is 0 Å². The zero-order valence-electron chi connectivity index (χ0n) is 34.5. The highest BCUT2D eigenvalue weighted by molar-refractivity contribution is 7.26. The maximum absolute atomic E-state index is 6.93. The van der Waals surface area contributed by atoms with Crippen LogP contribution in [0.15, 0.2) is 233 Å². The van der Waals surface area contributed by atoms with Gasteiger partial charge >= 0.3 is 0 Å². The molecular weight excluding hydrogens is 799 g/mol. The molecule has 13 aromatic rings. The summed E-state index contributed by atoms with van der Waals surface area (Å²) in [6.45, 7) is 0. The Labute approximate surface area is 373 Å². The molecule has 0 saturated carbocycles. The maximum Gasteiger partial charge on any atom is 0.143 e. The summed E-state index contributed by atoms with van der Waals surface area (Å²) < 4.78 is 16.0. The summed E-state index contributed by atoms with van der Waals surface area (Å²) in [4.78, 5) is 2.42. The first kappa shape index (κ1) is 36.5. The first-order chi connectivity index (χ1) is 31.7. The van der Waals surface area contributed by atoms with Gasteiger partial charge in [0.1, 0.15) is 22.3 Å². The number of nitrogens with zero attached hydrogens (tertiary/aromatic N) is 1. The van der Waals surface area contributed by atoms with Gasteiger partial charge in [-0.05, 0) is 93.5 Å². The highest BCUT2D eigenvalue weighted by Crippen LogP contribution is 2.51. The van der Waals surface area contributed by atoms with Gasteiger partial charge in [-0.15, -0.1) is 11.3 Å². The molecule has 3 aromatic heterocycles. The van der Waals surface area contributed by atoms with Crippen LogP contribution in [0.5, 0.6) is 0 Å². The Morgan fingerprint density at radius 3 is 1.64 bits per heavy atom. The SMILES string of the molecule is c1ccc(-c2ccc3c(c2)sc2c(-c4ccccc4)ccc(N(c4ccc5c(c4)oc4ccccc45)c4ccc5oc6c(-c7ccccc7)ccc(-c7ccccc7)c6c5c4)c23)cc1. The number of hydrogen-bond donors (Lipinski definition) is 0. The fourth-order valence-electron chi connectivity index (χ4n) is 9.70. The van der Waals surface area contributed by atoms with Crippen LogP contribution in [-0.4, -0.2) is 0 Å². The third kappa shape index (κ3) is 5.88. The van der Waals surface area contributed by atoms with Crippen molar-refractivity contribution < 1.29 is 8.83 Å². The van der Waals surface area contributed by atoms with E-state index in [-0.39, 0.29) is 0 Å². The van der Waals surface area contributed by atoms with E-state index < -0.39 is 0 Å². The number of hydrogen-bond acceptors (Lipinski definition) is 4. The number of benzene rings is 10. The molecule has 0 unspecified atom stereocenters. The van der Waals surface area contributed by atoms with Gasteiger partial charge in [-0.1, -0.05) is 164 Å². The predicted molar refractivity (Wildman–Crippen MR) is 270 cm³/mol. The van der Waals surface area contributed by atoms with E-state index in [1.807, 2.05) is 23.5 Å². The fraction of sp³-hybridized carbons (Fsp3) is 0. The van der Waals surface area contributed by atoms with Crippen LogP contribution in [0.2, 0.25) is 0 Å². The second-order valence-corrected chi connectivity index (χ2v) is 17.4. The van der Waals surface area contributed by atoms with Crippen molar-refractivity contribution in [1.82, 2.24) is 0 Å². The number of furan rings is 2. The summed E-state index contributed by atoms with van der Waals surface area (Å²) in [7, 11) is 0. The zero-order valence-corrected chi connectivity index (χ0v) is 35.4. The van der Waals surface area contributed by atoms with Crippen LogP contribution >= 0.6 is 11.3 Å². The molecule has 64 heavy (non-hydrogen) atoms. The smallest absolute Gasteiger partial charge is 0.143 e. The van der Waals surface area contributed by atoms with Crippen LogP contribution in [0, 0.1) is 0 Å². The lowest BCUT2D eigenvalue weighted by Gasteiger charge is -2.27. The summed E-state index contributed by atoms with van der Waals surface area (Å²) in [5.41, 5.74) is 15.8. The van der Waals surface area contributed by atoms with Crippen molar-refractivity contribution in [3.8, 4) is 44.5 Å². The lowest BCUT2D eigenvalue weighted by Crippen LogP contribution is -2.10. The molecule has 0 N–H and O–H groups in total. The topological polar surface area (TPSA) is 29.5 Å². The summed E-state index contributed by atoms with van der Waals surface area (Å²) in [6.07, 6.45) is 0. The quantitative estimate of drug-likeness (QED) is 0.160. The van der Waals surface area contributed by atoms with Crippen LogP contribution in [0.3, 0.4) is 0 Å². The van der Waals surface area contributed by atoms with Crippen LogP contribution in [-0.2, 0) is 0 Å². The molecule has 4 heteroatoms. The lowest BCUT2D eigenvalue weighted by molar-refractivity contribution is 0.668. The molecule has 0 aliphatic heterocycles. The van der Waals surface area contributed by atoms with E-state index in [9.17, 15) is 0 Å². The number of anilines is 3. The van der Waals surface area contributed by atoms with Gasteiger partial charge in [0.05, 0.1) is 5.69 Å². The molecule has 13 rings (SSSR count). The van der Waals surface area contributed by atoms with Gasteiger partial charge in [-0.25, -0.2) is 0 Å². The van der Waals surface area contributed by atoms with Crippen molar-refractivity contribution in [3.05, 3.63) is 224 Å². The molecule has 3 heterocycles. The summed E-state index contributed by atoms with van der Waals surface area (Å²) >= 11 is 1.86. The Morgan fingerprint density at radius 2 is 0.891 bits per heavy atom. The minimum atomic E-state index is 0.839. The molecule has 10 aromatic carbocycles. The van der Waals surface area contributed by atoms with E-state index in [2.05, 4.69) is 217 Å². The Kier molecular flexibility index (Phi) is 8.40. The number of fused-ring (bicyclic) bond motifs is 9. The molecule has 0 fully saturated rings. The molecule has 0 saturated heterocycles. The fourth-order valence-corrected chi connectivity index (χ4v) is 11.0.